The average Bonchev–Trinajstić information content (AvgIpc) is 3.39. The van der Waals surface area contributed by atoms with Crippen LogP contribution in [0.15, 0.2) is 30.5 Å². The molecule has 0 bridgehead atoms. The highest BCUT2D eigenvalue weighted by Gasteiger charge is 2.50. The maximum Gasteiger partial charge on any atom is 0.240 e. The van der Waals surface area contributed by atoms with Gasteiger partial charge < -0.3 is 14.8 Å². The van der Waals surface area contributed by atoms with Crippen molar-refractivity contribution in [3.8, 4) is 0 Å². The van der Waals surface area contributed by atoms with Crippen LogP contribution >= 0.6 is 11.3 Å². The molecule has 28 heavy (non-hydrogen) atoms. The lowest BCUT2D eigenvalue weighted by molar-refractivity contribution is -0.117. The minimum Gasteiger partial charge on any atom is -0.377 e. The number of likely N-dealkylation sites (tertiary alicyclic amines) is 1. The van der Waals surface area contributed by atoms with E-state index in [1.807, 2.05) is 6.07 Å². The highest BCUT2D eigenvalue weighted by atomic mass is 32.1. The van der Waals surface area contributed by atoms with Crippen LogP contribution in [0.3, 0.4) is 0 Å². The summed E-state index contributed by atoms with van der Waals surface area (Å²) in [7, 11) is 1.70. The molecule has 1 spiro atoms. The number of amides is 1. The first kappa shape index (κ1) is 19.4. The number of aromatic nitrogens is 1. The summed E-state index contributed by atoms with van der Waals surface area (Å²) < 4.78 is 25.4. The molecule has 1 amide bonds. The lowest BCUT2D eigenvalue weighted by Gasteiger charge is -2.28. The summed E-state index contributed by atoms with van der Waals surface area (Å²) in [6.45, 7) is 2.41. The standard InChI is InChI=1S/C20H24FN3O3S/c1-26-17-11-24(13-20(17)7-4-8-27-20)12-18(25)23-19-22-10-15(28-19)9-14-5-2-3-6-16(14)21/h2-3,5-6,10,17H,4,7-9,11-13H2,1H3,(H,22,23,25)/t17-,20-/m1/s1. The number of thiazole rings is 1. The Hall–Kier alpha value is -1.87. The number of ether oxygens (including phenoxy) is 2. The van der Waals surface area contributed by atoms with Gasteiger partial charge in [-0.15, -0.1) is 11.3 Å². The van der Waals surface area contributed by atoms with Gasteiger partial charge in [-0.3, -0.25) is 9.69 Å². The smallest absolute Gasteiger partial charge is 0.240 e. The molecule has 0 saturated carbocycles. The van der Waals surface area contributed by atoms with Gasteiger partial charge in [0.05, 0.1) is 12.6 Å². The largest absolute Gasteiger partial charge is 0.377 e. The molecule has 1 aromatic heterocycles. The Morgan fingerprint density at radius 2 is 2.36 bits per heavy atom. The number of benzene rings is 1. The Bertz CT molecular complexity index is 838. The van der Waals surface area contributed by atoms with Crippen molar-refractivity contribution in [3.63, 3.8) is 0 Å². The third-order valence-electron chi connectivity index (χ3n) is 5.41. The Morgan fingerprint density at radius 1 is 1.50 bits per heavy atom. The van der Waals surface area contributed by atoms with Crippen molar-refractivity contribution in [3.05, 3.63) is 46.7 Å². The zero-order valence-corrected chi connectivity index (χ0v) is 16.6. The summed E-state index contributed by atoms with van der Waals surface area (Å²) in [6, 6.07) is 6.69. The van der Waals surface area contributed by atoms with Crippen molar-refractivity contribution >= 4 is 22.4 Å². The molecule has 1 aromatic carbocycles. The first-order chi connectivity index (χ1) is 13.6. The van der Waals surface area contributed by atoms with E-state index in [0.717, 1.165) is 24.3 Å². The third kappa shape index (κ3) is 4.10. The number of halogens is 1. The quantitative estimate of drug-likeness (QED) is 0.801. The van der Waals surface area contributed by atoms with Gasteiger partial charge in [-0.1, -0.05) is 18.2 Å². The number of nitrogens with zero attached hydrogens (tertiary/aromatic N) is 2. The normalized spacial score (nSPS) is 24.9. The Kier molecular flexibility index (Phi) is 5.73. The topological polar surface area (TPSA) is 63.7 Å². The van der Waals surface area contributed by atoms with Gasteiger partial charge in [0.25, 0.3) is 0 Å². The molecule has 2 atom stereocenters. The summed E-state index contributed by atoms with van der Waals surface area (Å²) in [5.41, 5.74) is 0.344. The molecular formula is C20H24FN3O3S. The number of carbonyl (C=O) groups is 1. The van der Waals surface area contributed by atoms with Crippen LogP contribution in [0, 0.1) is 5.82 Å². The fourth-order valence-electron chi connectivity index (χ4n) is 4.09. The van der Waals surface area contributed by atoms with Crippen molar-refractivity contribution in [2.45, 2.75) is 31.0 Å². The third-order valence-corrected chi connectivity index (χ3v) is 6.32. The van der Waals surface area contributed by atoms with Crippen molar-refractivity contribution in [1.29, 1.82) is 0 Å². The summed E-state index contributed by atoms with van der Waals surface area (Å²) in [6.07, 6.45) is 4.14. The second-order valence-electron chi connectivity index (χ2n) is 7.36. The van der Waals surface area contributed by atoms with E-state index in [1.165, 1.54) is 17.4 Å². The van der Waals surface area contributed by atoms with E-state index in [0.29, 0.717) is 30.2 Å². The highest BCUT2D eigenvalue weighted by Crippen LogP contribution is 2.36. The SMILES string of the molecule is CO[C@@H]1CN(CC(=O)Nc2ncc(Cc3ccccc3F)s2)C[C@]12CCCO2. The van der Waals surface area contributed by atoms with Gasteiger partial charge in [0.2, 0.25) is 5.91 Å². The number of anilines is 1. The van der Waals surface area contributed by atoms with E-state index in [1.54, 1.807) is 25.4 Å². The predicted molar refractivity (Wildman–Crippen MR) is 105 cm³/mol. The van der Waals surface area contributed by atoms with Crippen molar-refractivity contribution in [1.82, 2.24) is 9.88 Å². The molecule has 6 nitrogen and oxygen atoms in total. The second-order valence-corrected chi connectivity index (χ2v) is 8.47. The van der Waals surface area contributed by atoms with Crippen LogP contribution < -0.4 is 5.32 Å². The first-order valence-electron chi connectivity index (χ1n) is 9.45. The van der Waals surface area contributed by atoms with Crippen LogP contribution in [0.25, 0.3) is 0 Å². The average molecular weight is 405 g/mol. The van der Waals surface area contributed by atoms with Crippen molar-refractivity contribution in [2.24, 2.45) is 0 Å². The molecule has 150 valence electrons. The van der Waals surface area contributed by atoms with Crippen LogP contribution in [0.5, 0.6) is 0 Å². The summed E-state index contributed by atoms with van der Waals surface area (Å²) in [5, 5.41) is 3.39. The van der Waals surface area contributed by atoms with Crippen molar-refractivity contribution < 1.29 is 18.7 Å². The van der Waals surface area contributed by atoms with E-state index in [-0.39, 0.29) is 30.0 Å². The molecule has 1 N–H and O–H groups in total. The van der Waals surface area contributed by atoms with Gasteiger partial charge in [-0.2, -0.15) is 0 Å². The maximum absolute atomic E-state index is 13.8. The minimum atomic E-state index is -0.275. The van der Waals surface area contributed by atoms with Crippen LogP contribution in [-0.4, -0.2) is 60.8 Å². The van der Waals surface area contributed by atoms with Gasteiger partial charge in [0, 0.05) is 44.3 Å². The lowest BCUT2D eigenvalue weighted by atomic mass is 9.97. The molecule has 2 aromatic rings. The Morgan fingerprint density at radius 3 is 3.11 bits per heavy atom. The van der Waals surface area contributed by atoms with Crippen molar-refractivity contribution in [2.75, 3.05) is 38.7 Å². The molecule has 4 rings (SSSR count). The zero-order valence-electron chi connectivity index (χ0n) is 15.8. The number of hydrogen-bond donors (Lipinski definition) is 1. The van der Waals surface area contributed by atoms with E-state index < -0.39 is 0 Å². The number of hydrogen-bond acceptors (Lipinski definition) is 6. The second kappa shape index (κ2) is 8.24. The van der Waals surface area contributed by atoms with E-state index >= 15 is 0 Å². The fourth-order valence-corrected chi connectivity index (χ4v) is 4.94. The Labute approximate surface area is 167 Å². The van der Waals surface area contributed by atoms with E-state index in [2.05, 4.69) is 15.2 Å². The summed E-state index contributed by atoms with van der Waals surface area (Å²) in [5.74, 6) is -0.344. The molecule has 8 heteroatoms. The summed E-state index contributed by atoms with van der Waals surface area (Å²) >= 11 is 1.37. The highest BCUT2D eigenvalue weighted by molar-refractivity contribution is 7.15. The predicted octanol–water partition coefficient (Wildman–Crippen LogP) is 2.69. The van der Waals surface area contributed by atoms with Gasteiger partial charge in [0.1, 0.15) is 11.4 Å². The number of carbonyl (C=O) groups excluding carboxylic acids is 1. The summed E-state index contributed by atoms with van der Waals surface area (Å²) in [4.78, 5) is 19.7. The number of rotatable bonds is 6. The molecule has 2 saturated heterocycles. The molecule has 2 fully saturated rings. The molecule has 2 aliphatic heterocycles. The molecule has 3 heterocycles. The molecule has 0 radical (unpaired) electrons. The van der Waals surface area contributed by atoms with Crippen LogP contribution in [-0.2, 0) is 20.7 Å². The molecule has 2 aliphatic rings. The molecular weight excluding hydrogens is 381 g/mol. The zero-order chi connectivity index (χ0) is 19.6. The van der Waals surface area contributed by atoms with Gasteiger partial charge in [-0.25, -0.2) is 9.37 Å². The van der Waals surface area contributed by atoms with Gasteiger partial charge in [-0.05, 0) is 24.5 Å². The molecule has 0 aliphatic carbocycles. The van der Waals surface area contributed by atoms with Crippen LogP contribution in [0.4, 0.5) is 9.52 Å². The molecule has 0 unspecified atom stereocenters. The lowest BCUT2D eigenvalue weighted by Crippen LogP contribution is -2.42. The fraction of sp³-hybridized carbons (Fsp3) is 0.500. The number of methoxy groups -OCH3 is 1. The van der Waals surface area contributed by atoms with Crippen LogP contribution in [0.1, 0.15) is 23.3 Å². The minimum absolute atomic E-state index is 0.00460. The van der Waals surface area contributed by atoms with E-state index in [9.17, 15) is 9.18 Å². The maximum atomic E-state index is 13.8. The van der Waals surface area contributed by atoms with Gasteiger partial charge in [0.15, 0.2) is 5.13 Å². The monoisotopic (exact) mass is 405 g/mol. The first-order valence-corrected chi connectivity index (χ1v) is 10.3. The van der Waals surface area contributed by atoms with Gasteiger partial charge >= 0.3 is 0 Å². The Balaban J connectivity index is 1.32. The van der Waals surface area contributed by atoms with E-state index in [4.69, 9.17) is 9.47 Å². The number of nitrogens with one attached hydrogen (secondary N) is 1. The van der Waals surface area contributed by atoms with Crippen LogP contribution in [0.2, 0.25) is 0 Å².